The van der Waals surface area contributed by atoms with Crippen LogP contribution in [0.15, 0.2) is 45.5 Å². The van der Waals surface area contributed by atoms with Crippen LogP contribution in [0.4, 0.5) is 4.79 Å². The minimum atomic E-state index is -0.188. The fourth-order valence-corrected chi connectivity index (χ4v) is 2.09. The van der Waals surface area contributed by atoms with Gasteiger partial charge < -0.3 is 14.6 Å². The lowest BCUT2D eigenvalue weighted by molar-refractivity contribution is 0.202. The SMILES string of the molecule is CN(Cc1ccc(Br)o1)C(=O)NCc1ccc(C#N)cc1. The van der Waals surface area contributed by atoms with Crippen molar-refractivity contribution in [1.82, 2.24) is 10.2 Å². The standard InChI is InChI=1S/C15H14BrN3O2/c1-19(10-13-6-7-14(16)21-13)15(20)18-9-12-4-2-11(8-17)3-5-12/h2-7H,9-10H2,1H3,(H,18,20). The Morgan fingerprint density at radius 1 is 1.33 bits per heavy atom. The number of benzene rings is 1. The molecule has 0 radical (unpaired) electrons. The van der Waals surface area contributed by atoms with Crippen LogP contribution in [0.25, 0.3) is 0 Å². The second-order valence-electron chi connectivity index (χ2n) is 4.53. The molecule has 0 aliphatic carbocycles. The van der Waals surface area contributed by atoms with Gasteiger partial charge in [-0.1, -0.05) is 12.1 Å². The molecule has 21 heavy (non-hydrogen) atoms. The minimum absolute atomic E-state index is 0.188. The Hall–Kier alpha value is -2.26. The van der Waals surface area contributed by atoms with Crippen molar-refractivity contribution in [2.24, 2.45) is 0 Å². The Bertz CT molecular complexity index is 658. The number of halogens is 1. The summed E-state index contributed by atoms with van der Waals surface area (Å²) in [6.45, 7) is 0.807. The topological polar surface area (TPSA) is 69.3 Å². The Labute approximate surface area is 131 Å². The highest BCUT2D eigenvalue weighted by molar-refractivity contribution is 9.10. The molecule has 0 atom stereocenters. The number of hydrogen-bond donors (Lipinski definition) is 1. The molecule has 0 spiro atoms. The zero-order chi connectivity index (χ0) is 15.2. The summed E-state index contributed by atoms with van der Waals surface area (Å²) >= 11 is 3.22. The largest absolute Gasteiger partial charge is 0.452 e. The molecule has 0 aliphatic rings. The monoisotopic (exact) mass is 347 g/mol. The lowest BCUT2D eigenvalue weighted by Crippen LogP contribution is -2.36. The van der Waals surface area contributed by atoms with E-state index in [1.54, 1.807) is 25.2 Å². The minimum Gasteiger partial charge on any atom is -0.452 e. The molecular formula is C15H14BrN3O2. The van der Waals surface area contributed by atoms with Gasteiger partial charge in [-0.25, -0.2) is 4.79 Å². The summed E-state index contributed by atoms with van der Waals surface area (Å²) in [6, 6.07) is 12.6. The molecule has 1 aromatic heterocycles. The van der Waals surface area contributed by atoms with Gasteiger partial charge in [-0.2, -0.15) is 5.26 Å². The maximum absolute atomic E-state index is 12.0. The molecular weight excluding hydrogens is 334 g/mol. The number of urea groups is 1. The second-order valence-corrected chi connectivity index (χ2v) is 5.31. The number of rotatable bonds is 4. The van der Waals surface area contributed by atoms with E-state index in [-0.39, 0.29) is 6.03 Å². The highest BCUT2D eigenvalue weighted by Gasteiger charge is 2.10. The van der Waals surface area contributed by atoms with Gasteiger partial charge in [0.05, 0.1) is 18.2 Å². The van der Waals surface area contributed by atoms with Gasteiger partial charge in [0.15, 0.2) is 4.67 Å². The highest BCUT2D eigenvalue weighted by Crippen LogP contribution is 2.15. The molecule has 5 nitrogen and oxygen atoms in total. The van der Waals surface area contributed by atoms with Gasteiger partial charge in [0.2, 0.25) is 0 Å². The maximum atomic E-state index is 12.0. The lowest BCUT2D eigenvalue weighted by atomic mass is 10.1. The first kappa shape index (κ1) is 15.1. The number of amides is 2. The van der Waals surface area contributed by atoms with E-state index < -0.39 is 0 Å². The quantitative estimate of drug-likeness (QED) is 0.922. The van der Waals surface area contributed by atoms with E-state index in [0.29, 0.717) is 29.1 Å². The summed E-state index contributed by atoms with van der Waals surface area (Å²) in [5.74, 6) is 0.706. The molecule has 0 saturated carbocycles. The molecule has 108 valence electrons. The first-order chi connectivity index (χ1) is 10.1. The number of carbonyl (C=O) groups is 1. The van der Waals surface area contributed by atoms with Gasteiger partial charge in [0.25, 0.3) is 0 Å². The molecule has 1 heterocycles. The van der Waals surface area contributed by atoms with E-state index in [2.05, 4.69) is 27.3 Å². The number of nitriles is 1. The molecule has 2 rings (SSSR count). The average Bonchev–Trinajstić information content (AvgIpc) is 2.90. The van der Waals surface area contributed by atoms with Gasteiger partial charge in [-0.15, -0.1) is 0 Å². The van der Waals surface area contributed by atoms with Crippen molar-refractivity contribution >= 4 is 22.0 Å². The third-order valence-electron chi connectivity index (χ3n) is 2.90. The van der Waals surface area contributed by atoms with Crippen LogP contribution in [0.1, 0.15) is 16.9 Å². The van der Waals surface area contributed by atoms with Crippen LogP contribution in [0.2, 0.25) is 0 Å². The van der Waals surface area contributed by atoms with Crippen LogP contribution >= 0.6 is 15.9 Å². The lowest BCUT2D eigenvalue weighted by Gasteiger charge is -2.16. The zero-order valence-electron chi connectivity index (χ0n) is 11.5. The van der Waals surface area contributed by atoms with Gasteiger partial charge >= 0.3 is 6.03 Å². The average molecular weight is 348 g/mol. The number of carbonyl (C=O) groups excluding carboxylic acids is 1. The predicted molar refractivity (Wildman–Crippen MR) is 81.3 cm³/mol. The van der Waals surface area contributed by atoms with Gasteiger partial charge in [-0.3, -0.25) is 0 Å². The summed E-state index contributed by atoms with van der Waals surface area (Å²) in [5, 5.41) is 11.5. The van der Waals surface area contributed by atoms with Crippen LogP contribution in [-0.2, 0) is 13.1 Å². The van der Waals surface area contributed by atoms with Crippen molar-refractivity contribution in [3.8, 4) is 6.07 Å². The fraction of sp³-hybridized carbons (Fsp3) is 0.200. The molecule has 2 aromatic rings. The van der Waals surface area contributed by atoms with E-state index in [4.69, 9.17) is 9.68 Å². The fourth-order valence-electron chi connectivity index (χ4n) is 1.75. The molecule has 0 aliphatic heterocycles. The van der Waals surface area contributed by atoms with Crippen molar-refractivity contribution < 1.29 is 9.21 Å². The Morgan fingerprint density at radius 2 is 2.05 bits per heavy atom. The maximum Gasteiger partial charge on any atom is 0.317 e. The Balaban J connectivity index is 1.84. The molecule has 0 fully saturated rings. The zero-order valence-corrected chi connectivity index (χ0v) is 13.1. The summed E-state index contributed by atoms with van der Waals surface area (Å²) in [7, 11) is 1.70. The summed E-state index contributed by atoms with van der Waals surface area (Å²) in [6.07, 6.45) is 0. The number of nitrogens with one attached hydrogen (secondary N) is 1. The Kier molecular flexibility index (Phi) is 5.01. The van der Waals surface area contributed by atoms with Crippen LogP contribution in [0.5, 0.6) is 0 Å². The smallest absolute Gasteiger partial charge is 0.317 e. The van der Waals surface area contributed by atoms with E-state index in [1.807, 2.05) is 18.2 Å². The molecule has 1 aromatic carbocycles. The molecule has 0 saturated heterocycles. The number of furan rings is 1. The van der Waals surface area contributed by atoms with Crippen LogP contribution in [0.3, 0.4) is 0 Å². The van der Waals surface area contributed by atoms with Crippen LogP contribution < -0.4 is 5.32 Å². The van der Waals surface area contributed by atoms with Crippen molar-refractivity contribution in [3.63, 3.8) is 0 Å². The van der Waals surface area contributed by atoms with Crippen molar-refractivity contribution in [1.29, 1.82) is 5.26 Å². The third kappa shape index (κ3) is 4.36. The molecule has 0 bridgehead atoms. The predicted octanol–water partition coefficient (Wildman–Crippen LogP) is 3.26. The first-order valence-electron chi connectivity index (χ1n) is 6.30. The molecule has 0 unspecified atom stereocenters. The molecule has 2 amide bonds. The number of nitrogens with zero attached hydrogens (tertiary/aromatic N) is 2. The molecule has 1 N–H and O–H groups in total. The van der Waals surface area contributed by atoms with E-state index in [9.17, 15) is 4.79 Å². The summed E-state index contributed by atoms with van der Waals surface area (Å²) in [4.78, 5) is 13.5. The Morgan fingerprint density at radius 3 is 2.62 bits per heavy atom. The first-order valence-corrected chi connectivity index (χ1v) is 7.10. The van der Waals surface area contributed by atoms with E-state index in [1.165, 1.54) is 4.90 Å². The van der Waals surface area contributed by atoms with Gasteiger partial charge in [-0.05, 0) is 45.8 Å². The number of hydrogen-bond acceptors (Lipinski definition) is 3. The molecule has 6 heteroatoms. The van der Waals surface area contributed by atoms with E-state index in [0.717, 1.165) is 5.56 Å². The second kappa shape index (κ2) is 6.95. The van der Waals surface area contributed by atoms with Gasteiger partial charge in [0, 0.05) is 13.6 Å². The highest BCUT2D eigenvalue weighted by atomic mass is 79.9. The van der Waals surface area contributed by atoms with E-state index >= 15 is 0 Å². The van der Waals surface area contributed by atoms with Gasteiger partial charge in [0.1, 0.15) is 5.76 Å². The summed E-state index contributed by atoms with van der Waals surface area (Å²) < 4.78 is 6.00. The van der Waals surface area contributed by atoms with Crippen LogP contribution in [0, 0.1) is 11.3 Å². The van der Waals surface area contributed by atoms with Crippen molar-refractivity contribution in [3.05, 3.63) is 58.0 Å². The van der Waals surface area contributed by atoms with Crippen molar-refractivity contribution in [2.75, 3.05) is 7.05 Å². The summed E-state index contributed by atoms with van der Waals surface area (Å²) in [5.41, 5.74) is 1.54. The van der Waals surface area contributed by atoms with Crippen LogP contribution in [-0.4, -0.2) is 18.0 Å². The normalized spacial score (nSPS) is 9.95. The third-order valence-corrected chi connectivity index (χ3v) is 3.32. The van der Waals surface area contributed by atoms with Crippen molar-refractivity contribution in [2.45, 2.75) is 13.1 Å².